The standard InChI is InChI=1S/C37H30ClN3O4S/c1-4-45-36(43)32-22(2)39-37-41(34(32)33-27-14-7-5-11-23(27)17-18-30(33)44-3)35(42)31(46-37)19-25-21-40(29-16-10-8-13-26(25)29)20-24-12-6-9-15-28(24)38/h5-19,21,34H,4,20H2,1-3H3/b31-19-/t34-/m1/s1. The maximum absolute atomic E-state index is 14.5. The van der Waals surface area contributed by atoms with E-state index in [1.54, 1.807) is 25.5 Å². The van der Waals surface area contributed by atoms with Crippen LogP contribution in [0.5, 0.6) is 5.75 Å². The highest BCUT2D eigenvalue weighted by molar-refractivity contribution is 7.07. The van der Waals surface area contributed by atoms with Crippen molar-refractivity contribution in [3.8, 4) is 5.75 Å². The van der Waals surface area contributed by atoms with E-state index in [4.69, 9.17) is 26.1 Å². The van der Waals surface area contributed by atoms with Crippen LogP contribution >= 0.6 is 22.9 Å². The van der Waals surface area contributed by atoms with Crippen LogP contribution in [0.3, 0.4) is 0 Å². The fourth-order valence-electron chi connectivity index (χ4n) is 6.27. The monoisotopic (exact) mass is 647 g/mol. The first-order chi connectivity index (χ1) is 22.4. The largest absolute Gasteiger partial charge is 0.496 e. The van der Waals surface area contributed by atoms with Gasteiger partial charge in [-0.25, -0.2) is 9.79 Å². The van der Waals surface area contributed by atoms with Crippen LogP contribution in [0.15, 0.2) is 112 Å². The average Bonchev–Trinajstić information content (AvgIpc) is 3.56. The van der Waals surface area contributed by atoms with Gasteiger partial charge in [-0.3, -0.25) is 9.36 Å². The molecule has 0 aliphatic carbocycles. The zero-order valence-corrected chi connectivity index (χ0v) is 27.1. The summed E-state index contributed by atoms with van der Waals surface area (Å²) in [5.74, 6) is 0.0538. The summed E-state index contributed by atoms with van der Waals surface area (Å²) in [6.07, 6.45) is 3.96. The van der Waals surface area contributed by atoms with E-state index in [-0.39, 0.29) is 12.2 Å². The molecule has 1 aliphatic rings. The number of fused-ring (bicyclic) bond motifs is 3. The van der Waals surface area contributed by atoms with E-state index in [2.05, 4.69) is 10.6 Å². The zero-order chi connectivity index (χ0) is 31.9. The summed E-state index contributed by atoms with van der Waals surface area (Å²) >= 11 is 7.81. The lowest BCUT2D eigenvalue weighted by Crippen LogP contribution is -2.40. The van der Waals surface area contributed by atoms with Crippen LogP contribution in [0.4, 0.5) is 0 Å². The van der Waals surface area contributed by atoms with E-state index in [0.717, 1.165) is 32.8 Å². The Balaban J connectivity index is 1.46. The molecule has 1 aliphatic heterocycles. The molecule has 3 heterocycles. The number of nitrogens with zero attached hydrogens (tertiary/aromatic N) is 3. The number of aromatic nitrogens is 2. The van der Waals surface area contributed by atoms with E-state index >= 15 is 0 Å². The van der Waals surface area contributed by atoms with Crippen molar-refractivity contribution in [1.82, 2.24) is 9.13 Å². The van der Waals surface area contributed by atoms with Crippen LogP contribution in [0, 0.1) is 0 Å². The Kier molecular flexibility index (Phi) is 7.84. The number of thiazole rings is 1. The molecule has 0 radical (unpaired) electrons. The van der Waals surface area contributed by atoms with Crippen molar-refractivity contribution in [1.29, 1.82) is 0 Å². The Morgan fingerprint density at radius 3 is 2.52 bits per heavy atom. The lowest BCUT2D eigenvalue weighted by Gasteiger charge is -2.27. The lowest BCUT2D eigenvalue weighted by atomic mass is 9.90. The Bertz CT molecular complexity index is 2380. The molecular weight excluding hydrogens is 618 g/mol. The minimum Gasteiger partial charge on any atom is -0.496 e. The molecule has 0 spiro atoms. The van der Waals surface area contributed by atoms with Gasteiger partial charge in [0.25, 0.3) is 5.56 Å². The molecule has 7 rings (SSSR count). The molecule has 0 fully saturated rings. The molecule has 0 bridgehead atoms. The number of carbonyl (C=O) groups excluding carboxylic acids is 1. The third-order valence-corrected chi connectivity index (χ3v) is 9.70. The number of rotatable bonds is 7. The van der Waals surface area contributed by atoms with Gasteiger partial charge >= 0.3 is 5.97 Å². The third-order valence-electron chi connectivity index (χ3n) is 8.35. The second-order valence-electron chi connectivity index (χ2n) is 11.0. The molecule has 4 aromatic carbocycles. The maximum atomic E-state index is 14.5. The Labute approximate surface area is 273 Å². The summed E-state index contributed by atoms with van der Waals surface area (Å²) in [4.78, 5) is 33.3. The highest BCUT2D eigenvalue weighted by Gasteiger charge is 2.36. The van der Waals surface area contributed by atoms with Gasteiger partial charge in [-0.2, -0.15) is 0 Å². The van der Waals surface area contributed by atoms with E-state index in [1.807, 2.05) is 91.1 Å². The molecule has 2 aromatic heterocycles. The number of benzene rings is 4. The second kappa shape index (κ2) is 12.1. The van der Waals surface area contributed by atoms with E-state index in [1.165, 1.54) is 11.3 Å². The number of esters is 1. The topological polar surface area (TPSA) is 74.8 Å². The van der Waals surface area contributed by atoms with Gasteiger partial charge in [-0.15, -0.1) is 0 Å². The third kappa shape index (κ3) is 5.04. The van der Waals surface area contributed by atoms with Gasteiger partial charge in [-0.1, -0.05) is 89.7 Å². The molecule has 1 atom stereocenters. The number of hydrogen-bond donors (Lipinski definition) is 0. The molecule has 46 heavy (non-hydrogen) atoms. The summed E-state index contributed by atoms with van der Waals surface area (Å²) in [5.41, 5.74) is 4.20. The first-order valence-electron chi connectivity index (χ1n) is 15.0. The Morgan fingerprint density at radius 1 is 1.00 bits per heavy atom. The van der Waals surface area contributed by atoms with Crippen molar-refractivity contribution in [2.75, 3.05) is 13.7 Å². The predicted octanol–water partition coefficient (Wildman–Crippen LogP) is 6.62. The minimum atomic E-state index is -0.805. The molecule has 7 nitrogen and oxygen atoms in total. The summed E-state index contributed by atoms with van der Waals surface area (Å²) in [7, 11) is 1.59. The smallest absolute Gasteiger partial charge is 0.338 e. The number of hydrogen-bond acceptors (Lipinski definition) is 6. The van der Waals surface area contributed by atoms with Crippen molar-refractivity contribution >= 4 is 56.7 Å². The number of ether oxygens (including phenoxy) is 2. The molecule has 6 aromatic rings. The van der Waals surface area contributed by atoms with Crippen LogP contribution in [0.1, 0.15) is 36.6 Å². The van der Waals surface area contributed by atoms with Gasteiger partial charge in [0.1, 0.15) is 11.8 Å². The van der Waals surface area contributed by atoms with E-state index < -0.39 is 12.0 Å². The number of allylic oxidation sites excluding steroid dienone is 1. The molecular formula is C37H30ClN3O4S. The van der Waals surface area contributed by atoms with Crippen LogP contribution in [-0.4, -0.2) is 28.8 Å². The number of methoxy groups -OCH3 is 1. The van der Waals surface area contributed by atoms with Gasteiger partial charge in [-0.05, 0) is 54.5 Å². The van der Waals surface area contributed by atoms with Crippen LogP contribution in [0.25, 0.3) is 27.8 Å². The van der Waals surface area contributed by atoms with Crippen molar-refractivity contribution in [2.24, 2.45) is 4.99 Å². The van der Waals surface area contributed by atoms with Crippen LogP contribution < -0.4 is 19.6 Å². The number of carbonyl (C=O) groups is 1. The first-order valence-corrected chi connectivity index (χ1v) is 16.2. The summed E-state index contributed by atoms with van der Waals surface area (Å²) in [6.45, 7) is 4.32. The van der Waals surface area contributed by atoms with Crippen molar-refractivity contribution < 1.29 is 14.3 Å². The van der Waals surface area contributed by atoms with Crippen LogP contribution in [-0.2, 0) is 16.1 Å². The van der Waals surface area contributed by atoms with E-state index in [9.17, 15) is 9.59 Å². The highest BCUT2D eigenvalue weighted by atomic mass is 35.5. The predicted molar refractivity (Wildman–Crippen MR) is 183 cm³/mol. The first kappa shape index (κ1) is 29.8. The number of halogens is 1. The maximum Gasteiger partial charge on any atom is 0.338 e. The van der Waals surface area contributed by atoms with Crippen molar-refractivity contribution in [3.05, 3.63) is 144 Å². The summed E-state index contributed by atoms with van der Waals surface area (Å²) in [5, 5.41) is 3.55. The minimum absolute atomic E-state index is 0.192. The van der Waals surface area contributed by atoms with Crippen molar-refractivity contribution in [3.63, 3.8) is 0 Å². The summed E-state index contributed by atoms with van der Waals surface area (Å²) in [6, 6.07) is 26.8. The summed E-state index contributed by atoms with van der Waals surface area (Å²) < 4.78 is 15.6. The van der Waals surface area contributed by atoms with Gasteiger partial charge < -0.3 is 14.0 Å². The van der Waals surface area contributed by atoms with Gasteiger partial charge in [0.2, 0.25) is 0 Å². The normalized spacial score (nSPS) is 14.9. The molecule has 0 amide bonds. The Morgan fingerprint density at radius 2 is 1.74 bits per heavy atom. The van der Waals surface area contributed by atoms with Crippen LogP contribution in [0.2, 0.25) is 5.02 Å². The second-order valence-corrected chi connectivity index (χ2v) is 12.4. The SMILES string of the molecule is CCOC(=O)C1=C(C)N=c2s/c(=C\c3cn(Cc4ccccc4Cl)c4ccccc34)c(=O)n2[C@H]1c1c(OC)ccc2ccccc12. The lowest BCUT2D eigenvalue weighted by molar-refractivity contribution is -0.139. The molecule has 9 heteroatoms. The van der Waals surface area contributed by atoms with Gasteiger partial charge in [0.15, 0.2) is 4.80 Å². The van der Waals surface area contributed by atoms with Gasteiger partial charge in [0.05, 0.1) is 29.5 Å². The number of para-hydroxylation sites is 1. The van der Waals surface area contributed by atoms with Crippen molar-refractivity contribution in [2.45, 2.75) is 26.4 Å². The highest BCUT2D eigenvalue weighted by Crippen LogP contribution is 2.40. The molecule has 0 N–H and O–H groups in total. The fourth-order valence-corrected chi connectivity index (χ4v) is 7.51. The molecule has 230 valence electrons. The van der Waals surface area contributed by atoms with E-state index in [0.29, 0.717) is 43.5 Å². The molecule has 0 saturated carbocycles. The fraction of sp³-hybridized carbons (Fsp3) is 0.162. The zero-order valence-electron chi connectivity index (χ0n) is 25.5. The molecule has 0 saturated heterocycles. The quantitative estimate of drug-likeness (QED) is 0.183. The molecule has 0 unspecified atom stereocenters. The average molecular weight is 648 g/mol. The van der Waals surface area contributed by atoms with Gasteiger partial charge in [0, 0.05) is 39.8 Å². The Hall–Kier alpha value is -4.92.